The molecule has 2 aromatic rings. The fraction of sp³-hybridized carbons (Fsp3) is 0.0769. The Kier molecular flexibility index (Phi) is 3.20. The van der Waals surface area contributed by atoms with Crippen LogP contribution >= 0.6 is 0 Å². The molecule has 0 aliphatic carbocycles. The van der Waals surface area contributed by atoms with Crippen molar-refractivity contribution in [2.24, 2.45) is 10.9 Å². The maximum atomic E-state index is 12.0. The number of hydrogen-bond donors (Lipinski definition) is 3. The van der Waals surface area contributed by atoms with Crippen LogP contribution in [0.3, 0.4) is 0 Å². The van der Waals surface area contributed by atoms with Gasteiger partial charge in [-0.2, -0.15) is 10.2 Å². The van der Waals surface area contributed by atoms with E-state index in [1.54, 1.807) is 0 Å². The summed E-state index contributed by atoms with van der Waals surface area (Å²) in [6.07, 6.45) is 0. The number of nitrogens with two attached hydrogens (primary N) is 1. The second kappa shape index (κ2) is 5.17. The molecule has 1 aliphatic heterocycles. The molecule has 8 nitrogen and oxygen atoms in total. The number of benzene rings is 1. The molecule has 0 bridgehead atoms. The summed E-state index contributed by atoms with van der Waals surface area (Å²) in [6.45, 7) is 0.274. The van der Waals surface area contributed by atoms with Gasteiger partial charge in [0.1, 0.15) is 5.69 Å². The van der Waals surface area contributed by atoms with Gasteiger partial charge in [-0.05, 0) is 5.56 Å². The molecule has 1 aromatic carbocycles. The lowest BCUT2D eigenvalue weighted by Crippen LogP contribution is -2.30. The monoisotopic (exact) mass is 284 g/mol. The van der Waals surface area contributed by atoms with Gasteiger partial charge < -0.3 is 0 Å². The van der Waals surface area contributed by atoms with Crippen LogP contribution < -0.4 is 16.7 Å². The van der Waals surface area contributed by atoms with E-state index in [4.69, 9.17) is 5.84 Å². The van der Waals surface area contributed by atoms with Crippen molar-refractivity contribution in [2.45, 2.75) is 6.54 Å². The van der Waals surface area contributed by atoms with Crippen molar-refractivity contribution in [3.63, 3.8) is 0 Å². The third kappa shape index (κ3) is 2.39. The van der Waals surface area contributed by atoms with Crippen molar-refractivity contribution in [3.8, 4) is 0 Å². The predicted molar refractivity (Wildman–Crippen MR) is 74.3 cm³/mol. The lowest BCUT2D eigenvalue weighted by molar-refractivity contribution is 0.0940. The van der Waals surface area contributed by atoms with E-state index < -0.39 is 11.8 Å². The lowest BCUT2D eigenvalue weighted by atomic mass is 10.1. The largest absolute Gasteiger partial charge is 0.289 e. The Hall–Kier alpha value is -3.00. The van der Waals surface area contributed by atoms with Crippen molar-refractivity contribution in [1.82, 2.24) is 20.6 Å². The number of carbonyl (C=O) groups is 2. The number of hydrazine groups is 1. The second-order valence-corrected chi connectivity index (χ2v) is 4.41. The molecule has 3 rings (SSSR count). The topological polar surface area (TPSA) is 114 Å². The van der Waals surface area contributed by atoms with E-state index in [9.17, 15) is 9.59 Å². The summed E-state index contributed by atoms with van der Waals surface area (Å²) in [7, 11) is 0. The number of nitrogens with one attached hydrogen (secondary N) is 2. The molecule has 21 heavy (non-hydrogen) atoms. The van der Waals surface area contributed by atoms with E-state index >= 15 is 0 Å². The number of carbonyl (C=O) groups excluding carboxylic acids is 2. The summed E-state index contributed by atoms with van der Waals surface area (Å²) in [6, 6.07) is 10.8. The maximum Gasteiger partial charge on any atom is 0.289 e. The van der Waals surface area contributed by atoms with E-state index in [0.29, 0.717) is 5.71 Å². The first kappa shape index (κ1) is 13.0. The third-order valence-electron chi connectivity index (χ3n) is 3.08. The van der Waals surface area contributed by atoms with Gasteiger partial charge in [0, 0.05) is 6.07 Å². The minimum absolute atomic E-state index is 0.0805. The Morgan fingerprint density at radius 1 is 1.33 bits per heavy atom. The average Bonchev–Trinajstić information content (AvgIpc) is 2.88. The zero-order valence-electron chi connectivity index (χ0n) is 10.9. The summed E-state index contributed by atoms with van der Waals surface area (Å²) < 4.78 is 1.43. The minimum Gasteiger partial charge on any atom is -0.289 e. The van der Waals surface area contributed by atoms with Crippen LogP contribution in [0, 0.1) is 0 Å². The molecule has 0 unspecified atom stereocenters. The first-order chi connectivity index (χ1) is 10.2. The minimum atomic E-state index is -0.554. The molecular formula is C13H12N6O2. The van der Waals surface area contributed by atoms with Gasteiger partial charge in [-0.3, -0.25) is 19.7 Å². The number of aromatic nitrogens is 2. The van der Waals surface area contributed by atoms with Crippen LogP contribution in [0.25, 0.3) is 0 Å². The Morgan fingerprint density at radius 3 is 2.81 bits per heavy atom. The van der Waals surface area contributed by atoms with Crippen LogP contribution in [0.4, 0.5) is 0 Å². The fourth-order valence-corrected chi connectivity index (χ4v) is 2.04. The van der Waals surface area contributed by atoms with Gasteiger partial charge in [0.05, 0.1) is 12.3 Å². The van der Waals surface area contributed by atoms with Gasteiger partial charge in [0.2, 0.25) is 0 Å². The molecule has 8 heteroatoms. The Labute approximate surface area is 119 Å². The average molecular weight is 284 g/mol. The van der Waals surface area contributed by atoms with Gasteiger partial charge >= 0.3 is 0 Å². The molecule has 0 radical (unpaired) electrons. The predicted octanol–water partition coefficient (Wildman–Crippen LogP) is -0.366. The highest BCUT2D eigenvalue weighted by molar-refractivity contribution is 6.04. The molecule has 0 saturated heterocycles. The lowest BCUT2D eigenvalue weighted by Gasteiger charge is -2.04. The third-order valence-corrected chi connectivity index (χ3v) is 3.08. The highest BCUT2D eigenvalue weighted by Gasteiger charge is 2.22. The number of amides is 2. The van der Waals surface area contributed by atoms with Gasteiger partial charge in [-0.1, -0.05) is 30.3 Å². The van der Waals surface area contributed by atoms with Crippen LogP contribution in [-0.2, 0) is 6.54 Å². The SMILES string of the molecule is NNC(=O)c1cc2n(n1)CC(c1ccccc1)=NNC2=O. The molecule has 0 fully saturated rings. The Bertz CT molecular complexity index is 734. The number of fused-ring (bicyclic) bond motifs is 1. The normalized spacial score (nSPS) is 13.8. The van der Waals surface area contributed by atoms with Crippen LogP contribution in [0.15, 0.2) is 41.5 Å². The molecule has 1 aromatic heterocycles. The van der Waals surface area contributed by atoms with Crippen LogP contribution in [-0.4, -0.2) is 27.3 Å². The smallest absolute Gasteiger partial charge is 0.289 e. The van der Waals surface area contributed by atoms with Crippen molar-refractivity contribution < 1.29 is 9.59 Å². The number of hydrogen-bond acceptors (Lipinski definition) is 5. The molecule has 4 N–H and O–H groups in total. The first-order valence-corrected chi connectivity index (χ1v) is 6.20. The van der Waals surface area contributed by atoms with E-state index in [-0.39, 0.29) is 17.9 Å². The molecular weight excluding hydrogens is 272 g/mol. The molecule has 0 saturated carbocycles. The number of nitrogen functional groups attached to an aromatic ring is 1. The van der Waals surface area contributed by atoms with Crippen LogP contribution in [0.2, 0.25) is 0 Å². The highest BCUT2D eigenvalue weighted by Crippen LogP contribution is 2.11. The molecule has 0 spiro atoms. The zero-order chi connectivity index (χ0) is 14.8. The summed E-state index contributed by atoms with van der Waals surface area (Å²) in [5, 5.41) is 8.18. The van der Waals surface area contributed by atoms with Crippen LogP contribution in [0.1, 0.15) is 26.5 Å². The van der Waals surface area contributed by atoms with Crippen LogP contribution in [0.5, 0.6) is 0 Å². The number of nitrogens with zero attached hydrogens (tertiary/aromatic N) is 3. The van der Waals surface area contributed by atoms with Crippen molar-refractivity contribution in [2.75, 3.05) is 0 Å². The van der Waals surface area contributed by atoms with Gasteiger partial charge in [0.15, 0.2) is 5.69 Å². The Balaban J connectivity index is 2.00. The number of rotatable bonds is 2. The summed E-state index contributed by atoms with van der Waals surface area (Å²) in [4.78, 5) is 23.5. The standard InChI is InChI=1S/C13H12N6O2/c14-15-12(20)9-6-11-13(21)17-16-10(7-19(11)18-9)8-4-2-1-3-5-8/h1-6H,7,14H2,(H,15,20)(H,17,21). The first-order valence-electron chi connectivity index (χ1n) is 6.20. The maximum absolute atomic E-state index is 12.0. The van der Waals surface area contributed by atoms with Crippen molar-refractivity contribution >= 4 is 17.5 Å². The molecule has 0 atom stereocenters. The van der Waals surface area contributed by atoms with E-state index in [0.717, 1.165) is 5.56 Å². The summed E-state index contributed by atoms with van der Waals surface area (Å²) >= 11 is 0. The quantitative estimate of drug-likeness (QED) is 0.396. The molecule has 106 valence electrons. The zero-order valence-corrected chi connectivity index (χ0v) is 10.9. The number of hydrazone groups is 1. The van der Waals surface area contributed by atoms with E-state index in [1.807, 2.05) is 35.8 Å². The van der Waals surface area contributed by atoms with Gasteiger partial charge in [-0.25, -0.2) is 11.3 Å². The Morgan fingerprint density at radius 2 is 2.10 bits per heavy atom. The second-order valence-electron chi connectivity index (χ2n) is 4.41. The van der Waals surface area contributed by atoms with E-state index in [1.165, 1.54) is 10.7 Å². The van der Waals surface area contributed by atoms with Crippen molar-refractivity contribution in [1.29, 1.82) is 0 Å². The van der Waals surface area contributed by atoms with Gasteiger partial charge in [0.25, 0.3) is 11.8 Å². The van der Waals surface area contributed by atoms with Gasteiger partial charge in [-0.15, -0.1) is 0 Å². The molecule has 2 amide bonds. The van der Waals surface area contributed by atoms with E-state index in [2.05, 4.69) is 15.6 Å². The molecule has 1 aliphatic rings. The summed E-state index contributed by atoms with van der Waals surface area (Å²) in [5.41, 5.74) is 6.28. The fourth-order valence-electron chi connectivity index (χ4n) is 2.04. The molecule has 2 heterocycles. The summed E-state index contributed by atoms with van der Waals surface area (Å²) in [5.74, 6) is 4.09. The highest BCUT2D eigenvalue weighted by atomic mass is 16.2. The van der Waals surface area contributed by atoms with Crippen molar-refractivity contribution in [3.05, 3.63) is 53.3 Å².